The summed E-state index contributed by atoms with van der Waals surface area (Å²) < 4.78 is 22.2. The van der Waals surface area contributed by atoms with Crippen LogP contribution in [0.5, 0.6) is 0 Å². The molecule has 0 aliphatic carbocycles. The van der Waals surface area contributed by atoms with Crippen LogP contribution in [0.3, 0.4) is 0 Å². The standard InChI is InChI=1S/2Cd.H4O7P2/c;;1-8(2,3)7-9(4,5)6/h;;(H2,1,2,3)(H2,4,5,6). The van der Waals surface area contributed by atoms with Crippen molar-refractivity contribution in [1.29, 1.82) is 0 Å². The summed E-state index contributed by atoms with van der Waals surface area (Å²) in [6.45, 7) is 0. The first-order valence-electron chi connectivity index (χ1n) is 1.53. The van der Waals surface area contributed by atoms with E-state index in [9.17, 15) is 9.13 Å². The summed E-state index contributed by atoms with van der Waals surface area (Å²) in [5, 5.41) is 0. The summed E-state index contributed by atoms with van der Waals surface area (Å²) >= 11 is 0. The van der Waals surface area contributed by atoms with E-state index in [2.05, 4.69) is 4.31 Å². The zero-order chi connectivity index (χ0) is 7.71. The van der Waals surface area contributed by atoms with Gasteiger partial charge >= 0.3 is 15.6 Å². The van der Waals surface area contributed by atoms with Gasteiger partial charge in [0.2, 0.25) is 0 Å². The van der Waals surface area contributed by atoms with Crippen molar-refractivity contribution in [1.82, 2.24) is 0 Å². The molecular formula is H4Cd2O7P2. The Kier molecular flexibility index (Phi) is 11.2. The number of hydrogen-bond donors (Lipinski definition) is 4. The summed E-state index contributed by atoms with van der Waals surface area (Å²) in [5.41, 5.74) is 0. The summed E-state index contributed by atoms with van der Waals surface area (Å²) in [5.74, 6) is 0. The molecule has 60 valence electrons. The maximum atomic E-state index is 9.63. The Hall–Kier alpha value is 2.10. The molecule has 0 radical (unpaired) electrons. The molecule has 11 heavy (non-hydrogen) atoms. The number of hydrogen-bond acceptors (Lipinski definition) is 3. The van der Waals surface area contributed by atoms with Crippen LogP contribution in [0.1, 0.15) is 0 Å². The first-order valence-corrected chi connectivity index (χ1v) is 4.59. The van der Waals surface area contributed by atoms with Gasteiger partial charge < -0.3 is 19.6 Å². The minimum Gasteiger partial charge on any atom is -0.302 e. The van der Waals surface area contributed by atoms with Gasteiger partial charge in [0.15, 0.2) is 0 Å². The van der Waals surface area contributed by atoms with Crippen LogP contribution in [0.2, 0.25) is 0 Å². The second-order valence-electron chi connectivity index (χ2n) is 1.06. The molecule has 0 aromatic heterocycles. The second-order valence-corrected chi connectivity index (χ2v) is 3.68. The van der Waals surface area contributed by atoms with E-state index in [-0.39, 0.29) is 54.6 Å². The Bertz CT molecular complexity index is 155. The molecule has 0 atom stereocenters. The molecule has 4 N–H and O–H groups in total. The molecule has 0 aliphatic rings. The van der Waals surface area contributed by atoms with Crippen molar-refractivity contribution >= 4 is 15.6 Å². The van der Waals surface area contributed by atoms with Gasteiger partial charge in [0, 0.05) is 54.6 Å². The average molecular weight is 403 g/mol. The van der Waals surface area contributed by atoms with Crippen LogP contribution in [-0.4, -0.2) is 19.6 Å². The molecule has 0 saturated carbocycles. The maximum absolute atomic E-state index is 9.63. The van der Waals surface area contributed by atoms with Crippen LogP contribution < -0.4 is 0 Å². The molecule has 0 aliphatic heterocycles. The van der Waals surface area contributed by atoms with Crippen molar-refractivity contribution < 1.29 is 87.6 Å². The first-order chi connectivity index (χ1) is 3.71. The zero-order valence-corrected chi connectivity index (χ0v) is 15.2. The van der Waals surface area contributed by atoms with E-state index in [4.69, 9.17) is 19.6 Å². The van der Waals surface area contributed by atoms with E-state index >= 15 is 0 Å². The van der Waals surface area contributed by atoms with E-state index < -0.39 is 15.6 Å². The summed E-state index contributed by atoms with van der Waals surface area (Å²) in [6.07, 6.45) is 0. The second kappa shape index (κ2) is 6.54. The van der Waals surface area contributed by atoms with Crippen molar-refractivity contribution in [2.45, 2.75) is 0 Å². The van der Waals surface area contributed by atoms with Gasteiger partial charge in [-0.1, -0.05) is 0 Å². The molecule has 0 bridgehead atoms. The molecule has 0 rings (SSSR count). The fourth-order valence-electron chi connectivity index (χ4n) is 0.139. The Morgan fingerprint density at radius 1 is 0.818 bits per heavy atom. The predicted molar refractivity (Wildman–Crippen MR) is 25.2 cm³/mol. The third-order valence-electron chi connectivity index (χ3n) is 0.213. The fraction of sp³-hybridized carbons (Fsp3) is 0. The van der Waals surface area contributed by atoms with Crippen molar-refractivity contribution in [3.8, 4) is 0 Å². The zero-order valence-electron chi connectivity index (χ0n) is 5.32. The molecule has 0 spiro atoms. The fourth-order valence-corrected chi connectivity index (χ4v) is 1.25. The Balaban J connectivity index is -0.000000320. The molecule has 0 amide bonds. The van der Waals surface area contributed by atoms with Crippen molar-refractivity contribution in [2.75, 3.05) is 0 Å². The molecule has 0 heterocycles. The monoisotopic (exact) mass is 406 g/mol. The summed E-state index contributed by atoms with van der Waals surface area (Å²) in [6, 6.07) is 0. The average Bonchev–Trinajstić information content (AvgIpc) is 1.14. The largest absolute Gasteiger partial charge is 0.478 e. The minimum atomic E-state index is -5.05. The van der Waals surface area contributed by atoms with Crippen molar-refractivity contribution in [3.63, 3.8) is 0 Å². The van der Waals surface area contributed by atoms with E-state index in [1.54, 1.807) is 0 Å². The molecule has 11 heteroatoms. The molecule has 0 fully saturated rings. The van der Waals surface area contributed by atoms with Crippen LogP contribution in [0.15, 0.2) is 0 Å². The molecule has 0 aromatic rings. The molecular weight excluding hydrogens is 399 g/mol. The van der Waals surface area contributed by atoms with E-state index in [1.165, 1.54) is 0 Å². The van der Waals surface area contributed by atoms with Gasteiger partial charge in [-0.2, -0.15) is 4.31 Å². The predicted octanol–water partition coefficient (Wildman–Crippen LogP) is -0.817. The third-order valence-corrected chi connectivity index (χ3v) is 1.91. The maximum Gasteiger partial charge on any atom is 0.478 e. The van der Waals surface area contributed by atoms with Gasteiger partial charge in [-0.05, 0) is 0 Å². The smallest absolute Gasteiger partial charge is 0.302 e. The SMILES string of the molecule is O=P(O)(O)OP(=O)(O)O.[Cd].[Cd]. The van der Waals surface area contributed by atoms with Crippen molar-refractivity contribution in [3.05, 3.63) is 0 Å². The molecule has 0 saturated heterocycles. The van der Waals surface area contributed by atoms with Gasteiger partial charge in [-0.15, -0.1) is 0 Å². The van der Waals surface area contributed by atoms with E-state index in [1.807, 2.05) is 0 Å². The Labute approximate surface area is 102 Å². The van der Waals surface area contributed by atoms with Crippen LogP contribution in [0.25, 0.3) is 0 Å². The minimum absolute atomic E-state index is 0. The Morgan fingerprint density at radius 2 is 1.00 bits per heavy atom. The van der Waals surface area contributed by atoms with Crippen LogP contribution >= 0.6 is 15.6 Å². The van der Waals surface area contributed by atoms with E-state index in [0.29, 0.717) is 0 Å². The number of phosphoric acid groups is 2. The van der Waals surface area contributed by atoms with Gasteiger partial charge in [0.25, 0.3) is 0 Å². The quantitative estimate of drug-likeness (QED) is 0.351. The topological polar surface area (TPSA) is 124 Å². The van der Waals surface area contributed by atoms with Gasteiger partial charge in [-0.25, -0.2) is 9.13 Å². The first kappa shape index (κ1) is 18.8. The van der Waals surface area contributed by atoms with Gasteiger partial charge in [0.05, 0.1) is 0 Å². The Morgan fingerprint density at radius 3 is 1.00 bits per heavy atom. The molecule has 0 unspecified atom stereocenters. The van der Waals surface area contributed by atoms with E-state index in [0.717, 1.165) is 0 Å². The van der Waals surface area contributed by atoms with Crippen molar-refractivity contribution in [2.24, 2.45) is 0 Å². The summed E-state index contributed by atoms with van der Waals surface area (Å²) in [4.78, 5) is 31.0. The van der Waals surface area contributed by atoms with Crippen LogP contribution in [0, 0.1) is 0 Å². The molecule has 0 aromatic carbocycles. The molecule has 7 nitrogen and oxygen atoms in total. The van der Waals surface area contributed by atoms with Gasteiger partial charge in [-0.3, -0.25) is 0 Å². The number of rotatable bonds is 2. The van der Waals surface area contributed by atoms with Gasteiger partial charge in [0.1, 0.15) is 0 Å². The van der Waals surface area contributed by atoms with Crippen LogP contribution in [0.4, 0.5) is 0 Å². The summed E-state index contributed by atoms with van der Waals surface area (Å²) in [7, 11) is -10.1. The third kappa shape index (κ3) is 18.8. The van der Waals surface area contributed by atoms with Crippen LogP contribution in [-0.2, 0) is 68.0 Å². The normalized spacial score (nSPS) is 11.3.